The second-order valence-corrected chi connectivity index (χ2v) is 6.84. The summed E-state index contributed by atoms with van der Waals surface area (Å²) in [5.74, 6) is -0.129. The summed E-state index contributed by atoms with van der Waals surface area (Å²) in [6, 6.07) is 14.8. The van der Waals surface area contributed by atoms with Crippen molar-refractivity contribution in [1.29, 1.82) is 0 Å². The Labute approximate surface area is 166 Å². The SMILES string of the molecule is O=C(c1cnn(-c2ccccc2)c1)N1CCN(c2cccc(C(F)(F)F)c2)CC1. The van der Waals surface area contributed by atoms with E-state index in [0.717, 1.165) is 17.8 Å². The molecule has 2 aromatic carbocycles. The van der Waals surface area contributed by atoms with Crippen LogP contribution in [0.1, 0.15) is 15.9 Å². The number of benzene rings is 2. The number of hydrogen-bond acceptors (Lipinski definition) is 3. The molecule has 1 saturated heterocycles. The van der Waals surface area contributed by atoms with Crippen LogP contribution in [-0.4, -0.2) is 46.8 Å². The third-order valence-corrected chi connectivity index (χ3v) is 4.96. The maximum absolute atomic E-state index is 12.9. The first-order chi connectivity index (χ1) is 13.9. The Balaban J connectivity index is 1.41. The minimum Gasteiger partial charge on any atom is -0.368 e. The number of rotatable bonds is 3. The first kappa shape index (κ1) is 19.0. The quantitative estimate of drug-likeness (QED) is 0.671. The summed E-state index contributed by atoms with van der Waals surface area (Å²) in [5, 5.41) is 4.25. The Kier molecular flexibility index (Phi) is 5.00. The molecule has 1 amide bonds. The number of halogens is 3. The first-order valence-corrected chi connectivity index (χ1v) is 9.23. The van der Waals surface area contributed by atoms with Crippen molar-refractivity contribution in [2.75, 3.05) is 31.1 Å². The topological polar surface area (TPSA) is 41.4 Å². The molecule has 0 aliphatic carbocycles. The van der Waals surface area contributed by atoms with E-state index < -0.39 is 11.7 Å². The average molecular weight is 400 g/mol. The summed E-state index contributed by atoms with van der Waals surface area (Å²) in [7, 11) is 0. The van der Waals surface area contributed by atoms with Gasteiger partial charge < -0.3 is 9.80 Å². The molecule has 0 saturated carbocycles. The van der Waals surface area contributed by atoms with Gasteiger partial charge in [-0.2, -0.15) is 18.3 Å². The number of carbonyl (C=O) groups excluding carboxylic acids is 1. The second-order valence-electron chi connectivity index (χ2n) is 6.84. The number of piperazine rings is 1. The summed E-state index contributed by atoms with van der Waals surface area (Å²) in [5.41, 5.74) is 1.20. The number of anilines is 1. The molecule has 3 aromatic rings. The normalized spacial score (nSPS) is 14.9. The second kappa shape index (κ2) is 7.62. The number of para-hydroxylation sites is 1. The molecule has 0 unspecified atom stereocenters. The summed E-state index contributed by atoms with van der Waals surface area (Å²) < 4.78 is 40.5. The molecule has 1 aromatic heterocycles. The van der Waals surface area contributed by atoms with Gasteiger partial charge in [0.15, 0.2) is 0 Å². The van der Waals surface area contributed by atoms with Gasteiger partial charge in [-0.1, -0.05) is 24.3 Å². The molecule has 0 N–H and O–H groups in total. The van der Waals surface area contributed by atoms with Crippen LogP contribution in [0.5, 0.6) is 0 Å². The zero-order valence-electron chi connectivity index (χ0n) is 15.5. The van der Waals surface area contributed by atoms with E-state index in [1.54, 1.807) is 21.8 Å². The fourth-order valence-electron chi connectivity index (χ4n) is 3.38. The minimum atomic E-state index is -4.37. The number of nitrogens with zero attached hydrogens (tertiary/aromatic N) is 4. The van der Waals surface area contributed by atoms with E-state index in [-0.39, 0.29) is 5.91 Å². The van der Waals surface area contributed by atoms with Crippen molar-refractivity contribution in [1.82, 2.24) is 14.7 Å². The summed E-state index contributed by atoms with van der Waals surface area (Å²) in [6.07, 6.45) is -1.14. The molecule has 5 nitrogen and oxygen atoms in total. The van der Waals surface area contributed by atoms with Crippen LogP contribution in [0.15, 0.2) is 67.0 Å². The third-order valence-electron chi connectivity index (χ3n) is 4.96. The van der Waals surface area contributed by atoms with Gasteiger partial charge in [-0.15, -0.1) is 0 Å². The maximum atomic E-state index is 12.9. The van der Waals surface area contributed by atoms with Crippen molar-refractivity contribution >= 4 is 11.6 Å². The fraction of sp³-hybridized carbons (Fsp3) is 0.238. The Bertz CT molecular complexity index is 992. The number of alkyl halides is 3. The van der Waals surface area contributed by atoms with E-state index in [0.29, 0.717) is 37.4 Å². The van der Waals surface area contributed by atoms with Gasteiger partial charge in [0.25, 0.3) is 5.91 Å². The molecule has 1 aliphatic heterocycles. The monoisotopic (exact) mass is 400 g/mol. The summed E-state index contributed by atoms with van der Waals surface area (Å²) in [4.78, 5) is 16.4. The van der Waals surface area contributed by atoms with E-state index in [4.69, 9.17) is 0 Å². The van der Waals surface area contributed by atoms with Crippen LogP contribution in [0.3, 0.4) is 0 Å². The molecular weight excluding hydrogens is 381 g/mol. The fourth-order valence-corrected chi connectivity index (χ4v) is 3.38. The van der Waals surface area contributed by atoms with E-state index >= 15 is 0 Å². The predicted octanol–water partition coefficient (Wildman–Crippen LogP) is 3.85. The lowest BCUT2D eigenvalue weighted by atomic mass is 10.1. The largest absolute Gasteiger partial charge is 0.416 e. The molecule has 0 radical (unpaired) electrons. The summed E-state index contributed by atoms with van der Waals surface area (Å²) in [6.45, 7) is 1.82. The van der Waals surface area contributed by atoms with E-state index in [2.05, 4.69) is 5.10 Å². The Morgan fingerprint density at radius 1 is 0.897 bits per heavy atom. The highest BCUT2D eigenvalue weighted by atomic mass is 19.4. The standard InChI is InChI=1S/C21H19F3N4O/c22-21(23,24)17-5-4-8-19(13-17)26-9-11-27(12-10-26)20(29)16-14-25-28(15-16)18-6-2-1-3-7-18/h1-8,13-15H,9-12H2. The molecule has 2 heterocycles. The van der Waals surface area contributed by atoms with Crippen molar-refractivity contribution in [3.05, 3.63) is 78.1 Å². The molecule has 150 valence electrons. The number of aromatic nitrogens is 2. The number of hydrogen-bond donors (Lipinski definition) is 0. The van der Waals surface area contributed by atoms with Crippen LogP contribution >= 0.6 is 0 Å². The molecule has 4 rings (SSSR count). The van der Waals surface area contributed by atoms with E-state index in [9.17, 15) is 18.0 Å². The molecule has 0 spiro atoms. The minimum absolute atomic E-state index is 0.129. The van der Waals surface area contributed by atoms with Crippen molar-refractivity contribution < 1.29 is 18.0 Å². The van der Waals surface area contributed by atoms with Crippen molar-refractivity contribution in [3.63, 3.8) is 0 Å². The maximum Gasteiger partial charge on any atom is 0.416 e. The highest BCUT2D eigenvalue weighted by Crippen LogP contribution is 2.32. The Hall–Kier alpha value is -3.29. The smallest absolute Gasteiger partial charge is 0.368 e. The predicted molar refractivity (Wildman–Crippen MR) is 103 cm³/mol. The zero-order chi connectivity index (χ0) is 20.4. The molecular formula is C21H19F3N4O. The Morgan fingerprint density at radius 3 is 2.28 bits per heavy atom. The van der Waals surface area contributed by atoms with E-state index in [1.165, 1.54) is 12.3 Å². The van der Waals surface area contributed by atoms with Crippen LogP contribution in [0.4, 0.5) is 18.9 Å². The van der Waals surface area contributed by atoms with Gasteiger partial charge in [0.05, 0.1) is 23.0 Å². The van der Waals surface area contributed by atoms with Gasteiger partial charge in [0.1, 0.15) is 0 Å². The van der Waals surface area contributed by atoms with Crippen molar-refractivity contribution in [2.45, 2.75) is 6.18 Å². The Morgan fingerprint density at radius 2 is 1.59 bits per heavy atom. The van der Waals surface area contributed by atoms with Crippen molar-refractivity contribution in [3.8, 4) is 5.69 Å². The lowest BCUT2D eigenvalue weighted by Gasteiger charge is -2.36. The van der Waals surface area contributed by atoms with E-state index in [1.807, 2.05) is 35.2 Å². The third kappa shape index (κ3) is 4.11. The highest BCUT2D eigenvalue weighted by molar-refractivity contribution is 5.94. The lowest BCUT2D eigenvalue weighted by molar-refractivity contribution is -0.137. The molecule has 1 fully saturated rings. The molecule has 0 bridgehead atoms. The zero-order valence-corrected chi connectivity index (χ0v) is 15.5. The lowest BCUT2D eigenvalue weighted by Crippen LogP contribution is -2.48. The first-order valence-electron chi connectivity index (χ1n) is 9.23. The van der Waals surface area contributed by atoms with Crippen LogP contribution in [0.25, 0.3) is 5.69 Å². The molecule has 29 heavy (non-hydrogen) atoms. The summed E-state index contributed by atoms with van der Waals surface area (Å²) >= 11 is 0. The number of amides is 1. The van der Waals surface area contributed by atoms with Gasteiger partial charge in [-0.05, 0) is 30.3 Å². The van der Waals surface area contributed by atoms with Gasteiger partial charge in [-0.25, -0.2) is 4.68 Å². The molecule has 0 atom stereocenters. The van der Waals surface area contributed by atoms with Crippen LogP contribution in [0.2, 0.25) is 0 Å². The molecule has 1 aliphatic rings. The van der Waals surface area contributed by atoms with Gasteiger partial charge in [0.2, 0.25) is 0 Å². The number of carbonyl (C=O) groups is 1. The molecule has 8 heteroatoms. The van der Waals surface area contributed by atoms with Gasteiger partial charge in [0, 0.05) is 38.1 Å². The van der Waals surface area contributed by atoms with Crippen LogP contribution < -0.4 is 4.90 Å². The van der Waals surface area contributed by atoms with Gasteiger partial charge in [-0.3, -0.25) is 4.79 Å². The van der Waals surface area contributed by atoms with Gasteiger partial charge >= 0.3 is 6.18 Å². The van der Waals surface area contributed by atoms with Crippen molar-refractivity contribution in [2.24, 2.45) is 0 Å². The highest BCUT2D eigenvalue weighted by Gasteiger charge is 2.31. The average Bonchev–Trinajstić information content (AvgIpc) is 3.24. The van der Waals surface area contributed by atoms with Crippen LogP contribution in [0, 0.1) is 0 Å². The van der Waals surface area contributed by atoms with Crippen LogP contribution in [-0.2, 0) is 6.18 Å².